The van der Waals surface area contributed by atoms with Gasteiger partial charge in [-0.3, -0.25) is 4.79 Å². The molecule has 1 fully saturated rings. The maximum Gasteiger partial charge on any atom is 0.225 e. The minimum Gasteiger partial charge on any atom is -0.394 e. The molecule has 1 amide bonds. The van der Waals surface area contributed by atoms with Crippen molar-refractivity contribution in [3.8, 4) is 0 Å². The summed E-state index contributed by atoms with van der Waals surface area (Å²) in [6.45, 7) is -0.0160. The molecule has 0 saturated heterocycles. The van der Waals surface area contributed by atoms with Gasteiger partial charge in [0.1, 0.15) is 5.82 Å². The van der Waals surface area contributed by atoms with E-state index in [2.05, 4.69) is 10.3 Å². The maximum absolute atomic E-state index is 13.1. The molecule has 1 heterocycles. The minimum atomic E-state index is -0.449. The zero-order valence-electron chi connectivity index (χ0n) is 11.8. The molecule has 0 bridgehead atoms. The number of aromatic nitrogens is 1. The summed E-state index contributed by atoms with van der Waals surface area (Å²) < 4.78 is 13.1. The molecule has 21 heavy (non-hydrogen) atoms. The van der Waals surface area contributed by atoms with Crippen molar-refractivity contribution in [1.82, 2.24) is 10.3 Å². The fraction of sp³-hybridized carbons (Fsp3) is 0.438. The number of carbonyl (C=O) groups excluding carboxylic acids is 1. The van der Waals surface area contributed by atoms with Crippen molar-refractivity contribution in [3.63, 3.8) is 0 Å². The van der Waals surface area contributed by atoms with Crippen molar-refractivity contribution in [2.45, 2.75) is 37.6 Å². The lowest BCUT2D eigenvalue weighted by Gasteiger charge is -2.27. The molecule has 0 radical (unpaired) electrons. The van der Waals surface area contributed by atoms with Crippen LogP contribution >= 0.6 is 0 Å². The number of hydrogen-bond donors (Lipinski definition) is 3. The fourth-order valence-electron chi connectivity index (χ4n) is 3.19. The van der Waals surface area contributed by atoms with Crippen molar-refractivity contribution >= 4 is 16.8 Å². The van der Waals surface area contributed by atoms with Crippen molar-refractivity contribution in [1.29, 1.82) is 0 Å². The summed E-state index contributed by atoms with van der Waals surface area (Å²) in [6, 6.07) is 4.49. The summed E-state index contributed by atoms with van der Waals surface area (Å²) in [5.41, 5.74) is 1.08. The zero-order chi connectivity index (χ0) is 14.9. The van der Waals surface area contributed by atoms with Gasteiger partial charge in [0.15, 0.2) is 0 Å². The van der Waals surface area contributed by atoms with Crippen LogP contribution in [-0.2, 0) is 11.2 Å². The standard InChI is InChI=1S/C16H19FN2O2/c17-12-3-4-13-11(9-18-14(13)8-12)7-15(21)19-16(10-20)5-1-2-6-16/h3-4,8-9,18,20H,1-2,5-7,10H2,(H,19,21). The Morgan fingerprint density at radius 2 is 2.14 bits per heavy atom. The number of H-pyrrole nitrogens is 1. The molecule has 1 aliphatic carbocycles. The van der Waals surface area contributed by atoms with Gasteiger partial charge in [-0.15, -0.1) is 0 Å². The number of amides is 1. The molecule has 0 atom stereocenters. The van der Waals surface area contributed by atoms with E-state index in [1.54, 1.807) is 12.3 Å². The molecule has 1 saturated carbocycles. The lowest BCUT2D eigenvalue weighted by atomic mass is 9.98. The highest BCUT2D eigenvalue weighted by Crippen LogP contribution is 2.29. The van der Waals surface area contributed by atoms with Crippen LogP contribution in [-0.4, -0.2) is 28.1 Å². The van der Waals surface area contributed by atoms with Gasteiger partial charge >= 0.3 is 0 Å². The lowest BCUT2D eigenvalue weighted by Crippen LogP contribution is -2.49. The van der Waals surface area contributed by atoms with E-state index in [4.69, 9.17) is 0 Å². The minimum absolute atomic E-state index is 0.0160. The first-order valence-electron chi connectivity index (χ1n) is 7.29. The first-order valence-corrected chi connectivity index (χ1v) is 7.29. The van der Waals surface area contributed by atoms with Crippen molar-refractivity contribution in [3.05, 3.63) is 35.8 Å². The lowest BCUT2D eigenvalue weighted by molar-refractivity contribution is -0.122. The largest absolute Gasteiger partial charge is 0.394 e. The van der Waals surface area contributed by atoms with Gasteiger partial charge in [-0.1, -0.05) is 12.8 Å². The quantitative estimate of drug-likeness (QED) is 0.808. The Kier molecular flexibility index (Phi) is 3.68. The van der Waals surface area contributed by atoms with Crippen LogP contribution in [0.5, 0.6) is 0 Å². The number of aromatic amines is 1. The van der Waals surface area contributed by atoms with Gasteiger partial charge in [0.05, 0.1) is 18.6 Å². The SMILES string of the molecule is O=C(Cc1c[nH]c2cc(F)ccc12)NC1(CO)CCCC1. The molecule has 112 valence electrons. The average Bonchev–Trinajstić information content (AvgIpc) is 3.07. The van der Waals surface area contributed by atoms with Crippen molar-refractivity contribution in [2.75, 3.05) is 6.61 Å². The molecule has 3 rings (SSSR count). The number of aliphatic hydroxyl groups excluding tert-OH is 1. The number of halogens is 1. The number of fused-ring (bicyclic) bond motifs is 1. The number of carbonyl (C=O) groups is 1. The smallest absolute Gasteiger partial charge is 0.225 e. The van der Waals surface area contributed by atoms with Gasteiger partial charge < -0.3 is 15.4 Å². The Balaban J connectivity index is 1.74. The fourth-order valence-corrected chi connectivity index (χ4v) is 3.19. The summed E-state index contributed by atoms with van der Waals surface area (Å²) in [5, 5.41) is 13.4. The van der Waals surface area contributed by atoms with Crippen LogP contribution in [0.2, 0.25) is 0 Å². The van der Waals surface area contributed by atoms with E-state index in [1.807, 2.05) is 0 Å². The van der Waals surface area contributed by atoms with Crippen LogP contribution in [0.15, 0.2) is 24.4 Å². The molecule has 2 aromatic rings. The molecule has 1 aromatic carbocycles. The topological polar surface area (TPSA) is 65.1 Å². The Bertz CT molecular complexity index is 659. The third-order valence-electron chi connectivity index (χ3n) is 4.35. The molecular formula is C16H19FN2O2. The van der Waals surface area contributed by atoms with Crippen LogP contribution in [0.25, 0.3) is 10.9 Å². The predicted octanol–water partition coefficient (Wildman–Crippen LogP) is 2.27. The number of benzene rings is 1. The third kappa shape index (κ3) is 2.78. The molecule has 4 nitrogen and oxygen atoms in total. The van der Waals surface area contributed by atoms with Crippen molar-refractivity contribution < 1.29 is 14.3 Å². The van der Waals surface area contributed by atoms with Gasteiger partial charge in [-0.05, 0) is 36.6 Å². The second-order valence-corrected chi connectivity index (χ2v) is 5.87. The molecule has 0 spiro atoms. The molecule has 0 aliphatic heterocycles. The normalized spacial score (nSPS) is 17.2. The van der Waals surface area contributed by atoms with Gasteiger partial charge in [0, 0.05) is 17.1 Å². The van der Waals surface area contributed by atoms with E-state index in [0.29, 0.717) is 5.52 Å². The van der Waals surface area contributed by atoms with Crippen LogP contribution in [0, 0.1) is 5.82 Å². The van der Waals surface area contributed by atoms with Crippen molar-refractivity contribution in [2.24, 2.45) is 0 Å². The van der Waals surface area contributed by atoms with Gasteiger partial charge in [-0.2, -0.15) is 0 Å². The number of aliphatic hydroxyl groups is 1. The summed E-state index contributed by atoms with van der Waals surface area (Å²) in [5.74, 6) is -0.401. The number of rotatable bonds is 4. The summed E-state index contributed by atoms with van der Waals surface area (Å²) >= 11 is 0. The number of nitrogens with one attached hydrogen (secondary N) is 2. The highest BCUT2D eigenvalue weighted by molar-refractivity contribution is 5.89. The van der Waals surface area contributed by atoms with Crippen LogP contribution in [0.4, 0.5) is 4.39 Å². The zero-order valence-corrected chi connectivity index (χ0v) is 11.8. The first kappa shape index (κ1) is 14.1. The van der Waals surface area contributed by atoms with E-state index >= 15 is 0 Å². The average molecular weight is 290 g/mol. The highest BCUT2D eigenvalue weighted by atomic mass is 19.1. The van der Waals surface area contributed by atoms with E-state index in [0.717, 1.165) is 36.6 Å². The molecule has 5 heteroatoms. The Morgan fingerprint density at radius 3 is 2.86 bits per heavy atom. The number of hydrogen-bond acceptors (Lipinski definition) is 2. The van der Waals surface area contributed by atoms with E-state index in [1.165, 1.54) is 12.1 Å². The monoisotopic (exact) mass is 290 g/mol. The van der Waals surface area contributed by atoms with Gasteiger partial charge in [-0.25, -0.2) is 4.39 Å². The Morgan fingerprint density at radius 1 is 1.38 bits per heavy atom. The van der Waals surface area contributed by atoms with Crippen LogP contribution < -0.4 is 5.32 Å². The molecule has 1 aromatic heterocycles. The van der Waals surface area contributed by atoms with E-state index in [-0.39, 0.29) is 24.8 Å². The van der Waals surface area contributed by atoms with E-state index < -0.39 is 5.54 Å². The second kappa shape index (κ2) is 5.48. The molecule has 3 N–H and O–H groups in total. The molecular weight excluding hydrogens is 271 g/mol. The van der Waals surface area contributed by atoms with Crippen LogP contribution in [0.3, 0.4) is 0 Å². The Labute approximate surface area is 122 Å². The maximum atomic E-state index is 13.1. The highest BCUT2D eigenvalue weighted by Gasteiger charge is 2.34. The molecule has 0 unspecified atom stereocenters. The second-order valence-electron chi connectivity index (χ2n) is 5.87. The Hall–Kier alpha value is -1.88. The first-order chi connectivity index (χ1) is 10.1. The molecule has 1 aliphatic rings. The van der Waals surface area contributed by atoms with Gasteiger partial charge in [0.25, 0.3) is 0 Å². The third-order valence-corrected chi connectivity index (χ3v) is 4.35. The summed E-state index contributed by atoms with van der Waals surface area (Å²) in [7, 11) is 0. The van der Waals surface area contributed by atoms with Gasteiger partial charge in [0.2, 0.25) is 5.91 Å². The summed E-state index contributed by atoms with van der Waals surface area (Å²) in [6.07, 6.45) is 5.69. The van der Waals surface area contributed by atoms with E-state index in [9.17, 15) is 14.3 Å². The predicted molar refractivity (Wildman–Crippen MR) is 78.4 cm³/mol. The van der Waals surface area contributed by atoms with Crippen LogP contribution in [0.1, 0.15) is 31.2 Å². The summed E-state index contributed by atoms with van der Waals surface area (Å²) in [4.78, 5) is 15.2.